The normalized spacial score (nSPS) is 10.5. The van der Waals surface area contributed by atoms with Crippen LogP contribution in [0.25, 0.3) is 0 Å². The summed E-state index contributed by atoms with van der Waals surface area (Å²) in [6, 6.07) is 11.9. The monoisotopic (exact) mass is 320 g/mol. The van der Waals surface area contributed by atoms with E-state index in [1.807, 2.05) is 18.2 Å². The number of halogens is 1. The zero-order valence-corrected chi connectivity index (χ0v) is 12.7. The fourth-order valence-electron chi connectivity index (χ4n) is 1.99. The Morgan fingerprint density at radius 3 is 2.37 bits per heavy atom. The first kappa shape index (κ1) is 14.1. The van der Waals surface area contributed by atoms with Gasteiger partial charge in [-0.05, 0) is 64.2 Å². The average Bonchev–Trinajstić information content (AvgIpc) is 2.39. The highest BCUT2D eigenvalue weighted by molar-refractivity contribution is 9.10. The van der Waals surface area contributed by atoms with E-state index >= 15 is 0 Å². The summed E-state index contributed by atoms with van der Waals surface area (Å²) in [5.41, 5.74) is 4.57. The minimum atomic E-state index is 0.0375. The highest BCUT2D eigenvalue weighted by Crippen LogP contribution is 2.27. The lowest BCUT2D eigenvalue weighted by Gasteiger charge is -2.13. The van der Waals surface area contributed by atoms with Crippen LogP contribution >= 0.6 is 15.9 Å². The molecule has 2 aromatic carbocycles. The van der Waals surface area contributed by atoms with Crippen molar-refractivity contribution in [3.8, 4) is 5.75 Å². The molecule has 0 saturated carbocycles. The maximum absolute atomic E-state index is 9.07. The lowest BCUT2D eigenvalue weighted by atomic mass is 10.0. The van der Waals surface area contributed by atoms with Gasteiger partial charge in [-0.15, -0.1) is 0 Å². The van der Waals surface area contributed by atoms with Gasteiger partial charge in [0, 0.05) is 0 Å². The van der Waals surface area contributed by atoms with E-state index < -0.39 is 0 Å². The van der Waals surface area contributed by atoms with E-state index in [4.69, 9.17) is 9.84 Å². The second-order valence-corrected chi connectivity index (χ2v) is 5.44. The molecule has 0 bridgehead atoms. The van der Waals surface area contributed by atoms with Crippen LogP contribution in [-0.2, 0) is 13.2 Å². The molecular formula is C16H17BrO2. The highest BCUT2D eigenvalue weighted by atomic mass is 79.9. The second-order valence-electron chi connectivity index (χ2n) is 4.58. The Morgan fingerprint density at radius 1 is 1.11 bits per heavy atom. The zero-order chi connectivity index (χ0) is 13.8. The molecule has 0 atom stereocenters. The molecule has 0 aliphatic carbocycles. The number of aliphatic hydroxyl groups is 1. The van der Waals surface area contributed by atoms with Crippen molar-refractivity contribution in [2.75, 3.05) is 0 Å². The van der Waals surface area contributed by atoms with Crippen LogP contribution in [0.3, 0.4) is 0 Å². The Labute approximate surface area is 122 Å². The minimum Gasteiger partial charge on any atom is -0.488 e. The molecule has 0 spiro atoms. The van der Waals surface area contributed by atoms with E-state index in [0.717, 1.165) is 15.8 Å². The predicted molar refractivity (Wildman–Crippen MR) is 80.3 cm³/mol. The summed E-state index contributed by atoms with van der Waals surface area (Å²) in [6.45, 7) is 4.77. The van der Waals surface area contributed by atoms with Crippen molar-refractivity contribution in [1.29, 1.82) is 0 Å². The summed E-state index contributed by atoms with van der Waals surface area (Å²) >= 11 is 3.46. The Morgan fingerprint density at radius 2 is 1.79 bits per heavy atom. The maximum atomic E-state index is 9.07. The molecule has 2 nitrogen and oxygen atoms in total. The second kappa shape index (κ2) is 6.22. The third-order valence-electron chi connectivity index (χ3n) is 3.20. The van der Waals surface area contributed by atoms with Gasteiger partial charge in [0.15, 0.2) is 0 Å². The summed E-state index contributed by atoms with van der Waals surface area (Å²) < 4.78 is 6.72. The van der Waals surface area contributed by atoms with Gasteiger partial charge in [-0.25, -0.2) is 0 Å². The molecule has 0 amide bonds. The molecule has 0 unspecified atom stereocenters. The molecule has 0 saturated heterocycles. The standard InChI is InChI=1S/C16H17BrO2/c1-11-4-3-5-12(2)14(11)10-19-16-7-6-13(9-18)8-15(16)17/h3-8,18H,9-10H2,1-2H3. The molecule has 0 aliphatic heterocycles. The van der Waals surface area contributed by atoms with Crippen molar-refractivity contribution in [3.63, 3.8) is 0 Å². The van der Waals surface area contributed by atoms with E-state index in [1.165, 1.54) is 16.7 Å². The highest BCUT2D eigenvalue weighted by Gasteiger charge is 2.06. The maximum Gasteiger partial charge on any atom is 0.134 e. The molecule has 2 aromatic rings. The largest absolute Gasteiger partial charge is 0.488 e. The summed E-state index contributed by atoms with van der Waals surface area (Å²) in [5, 5.41) is 9.07. The van der Waals surface area contributed by atoms with Gasteiger partial charge in [0.25, 0.3) is 0 Å². The first-order valence-corrected chi connectivity index (χ1v) is 6.98. The Kier molecular flexibility index (Phi) is 4.61. The number of aryl methyl sites for hydroxylation is 2. The van der Waals surface area contributed by atoms with Crippen molar-refractivity contribution >= 4 is 15.9 Å². The van der Waals surface area contributed by atoms with Crippen LogP contribution in [0.2, 0.25) is 0 Å². The van der Waals surface area contributed by atoms with Crippen LogP contribution in [0.15, 0.2) is 40.9 Å². The van der Waals surface area contributed by atoms with Crippen molar-refractivity contribution in [3.05, 3.63) is 63.1 Å². The van der Waals surface area contributed by atoms with Crippen LogP contribution < -0.4 is 4.74 Å². The third kappa shape index (κ3) is 3.37. The minimum absolute atomic E-state index is 0.0375. The van der Waals surface area contributed by atoms with Gasteiger partial charge in [-0.3, -0.25) is 0 Å². The molecule has 19 heavy (non-hydrogen) atoms. The van der Waals surface area contributed by atoms with Crippen LogP contribution in [-0.4, -0.2) is 5.11 Å². The van der Waals surface area contributed by atoms with Crippen molar-refractivity contribution in [2.24, 2.45) is 0 Å². The smallest absolute Gasteiger partial charge is 0.134 e. The first-order valence-electron chi connectivity index (χ1n) is 6.19. The van der Waals surface area contributed by atoms with Gasteiger partial charge in [-0.1, -0.05) is 24.3 Å². The van der Waals surface area contributed by atoms with Crippen molar-refractivity contribution in [2.45, 2.75) is 27.1 Å². The summed E-state index contributed by atoms with van der Waals surface area (Å²) in [6.07, 6.45) is 0. The number of benzene rings is 2. The third-order valence-corrected chi connectivity index (χ3v) is 3.82. The van der Waals surface area contributed by atoms with Crippen LogP contribution in [0.4, 0.5) is 0 Å². The van der Waals surface area contributed by atoms with Crippen molar-refractivity contribution in [1.82, 2.24) is 0 Å². The molecule has 0 aromatic heterocycles. The lowest BCUT2D eigenvalue weighted by molar-refractivity contribution is 0.280. The zero-order valence-electron chi connectivity index (χ0n) is 11.1. The van der Waals surface area contributed by atoms with E-state index in [9.17, 15) is 0 Å². The van der Waals surface area contributed by atoms with Crippen LogP contribution in [0, 0.1) is 13.8 Å². The number of hydrogen-bond acceptors (Lipinski definition) is 2. The summed E-state index contributed by atoms with van der Waals surface area (Å²) in [5.74, 6) is 0.792. The van der Waals surface area contributed by atoms with Gasteiger partial charge < -0.3 is 9.84 Å². The van der Waals surface area contributed by atoms with Gasteiger partial charge in [-0.2, -0.15) is 0 Å². The van der Waals surface area contributed by atoms with Crippen LogP contribution in [0.1, 0.15) is 22.3 Å². The first-order chi connectivity index (χ1) is 9.11. The molecule has 1 N–H and O–H groups in total. The molecule has 0 fully saturated rings. The van der Waals surface area contributed by atoms with Gasteiger partial charge >= 0.3 is 0 Å². The van der Waals surface area contributed by atoms with E-state index in [2.05, 4.69) is 48.0 Å². The Balaban J connectivity index is 2.15. The lowest BCUT2D eigenvalue weighted by Crippen LogP contribution is -2.01. The number of ether oxygens (including phenoxy) is 1. The molecule has 0 radical (unpaired) electrons. The number of rotatable bonds is 4. The molecule has 100 valence electrons. The van der Waals surface area contributed by atoms with E-state index in [-0.39, 0.29) is 6.61 Å². The molecule has 0 aliphatic rings. The Hall–Kier alpha value is -1.32. The van der Waals surface area contributed by atoms with E-state index in [0.29, 0.717) is 6.61 Å². The number of aliphatic hydroxyl groups excluding tert-OH is 1. The molecule has 3 heteroatoms. The fourth-order valence-corrected chi connectivity index (χ4v) is 2.53. The molecular weight excluding hydrogens is 304 g/mol. The van der Waals surface area contributed by atoms with Crippen molar-refractivity contribution < 1.29 is 9.84 Å². The topological polar surface area (TPSA) is 29.5 Å². The average molecular weight is 321 g/mol. The molecule has 2 rings (SSSR count). The molecule has 0 heterocycles. The number of hydrogen-bond donors (Lipinski definition) is 1. The van der Waals surface area contributed by atoms with E-state index in [1.54, 1.807) is 0 Å². The summed E-state index contributed by atoms with van der Waals surface area (Å²) in [4.78, 5) is 0. The van der Waals surface area contributed by atoms with Gasteiger partial charge in [0.05, 0.1) is 11.1 Å². The van der Waals surface area contributed by atoms with Gasteiger partial charge in [0.1, 0.15) is 12.4 Å². The SMILES string of the molecule is Cc1cccc(C)c1COc1ccc(CO)cc1Br. The van der Waals surface area contributed by atoms with Gasteiger partial charge in [0.2, 0.25) is 0 Å². The fraction of sp³-hybridized carbons (Fsp3) is 0.250. The van der Waals surface area contributed by atoms with Crippen LogP contribution in [0.5, 0.6) is 5.75 Å². The predicted octanol–water partition coefficient (Wildman–Crippen LogP) is 4.14. The quantitative estimate of drug-likeness (QED) is 0.917. The summed E-state index contributed by atoms with van der Waals surface area (Å²) in [7, 11) is 0. The Bertz CT molecular complexity index is 559.